The average Bonchev–Trinajstić information content (AvgIpc) is 2.78. The van der Waals surface area contributed by atoms with Crippen LogP contribution in [-0.4, -0.2) is 23.8 Å². The Balaban J connectivity index is 1.75. The third kappa shape index (κ3) is 5.82. The molecule has 3 rings (SSSR count). The molecule has 6 nitrogen and oxygen atoms in total. The Kier molecular flexibility index (Phi) is 7.39. The number of rotatable bonds is 7. The van der Waals surface area contributed by atoms with Crippen molar-refractivity contribution >= 4 is 29.1 Å². The zero-order chi connectivity index (χ0) is 23.1. The summed E-state index contributed by atoms with van der Waals surface area (Å²) in [6, 6.07) is 22.2. The van der Waals surface area contributed by atoms with Gasteiger partial charge in [0.05, 0.1) is 11.3 Å². The molecule has 3 amide bonds. The molecular formula is C26H27N3O3. The Labute approximate surface area is 188 Å². The highest BCUT2D eigenvalue weighted by Gasteiger charge is 2.26. The first-order chi connectivity index (χ1) is 15.3. The summed E-state index contributed by atoms with van der Waals surface area (Å²) in [5, 5.41) is 8.44. The first-order valence-electron chi connectivity index (χ1n) is 10.5. The SMILES string of the molecule is Cc1ccc(C(=O)Nc2ccccc2C(=O)N[C@@H](C(=O)Nc2ccccc2)C(C)C)cc1. The van der Waals surface area contributed by atoms with Crippen LogP contribution in [0.15, 0.2) is 78.9 Å². The minimum Gasteiger partial charge on any atom is -0.340 e. The highest BCUT2D eigenvalue weighted by Crippen LogP contribution is 2.18. The van der Waals surface area contributed by atoms with E-state index in [0.717, 1.165) is 5.56 Å². The van der Waals surface area contributed by atoms with Crippen LogP contribution in [0.4, 0.5) is 11.4 Å². The predicted octanol–water partition coefficient (Wildman–Crippen LogP) is 4.64. The molecule has 0 heterocycles. The fourth-order valence-electron chi connectivity index (χ4n) is 3.18. The van der Waals surface area contributed by atoms with Gasteiger partial charge in [-0.2, -0.15) is 0 Å². The number of benzene rings is 3. The average molecular weight is 430 g/mol. The van der Waals surface area contributed by atoms with Crippen molar-refractivity contribution in [2.24, 2.45) is 5.92 Å². The Morgan fingerprint density at radius 3 is 2.00 bits per heavy atom. The highest BCUT2D eigenvalue weighted by molar-refractivity contribution is 6.10. The molecule has 1 atom stereocenters. The van der Waals surface area contributed by atoms with E-state index in [9.17, 15) is 14.4 Å². The van der Waals surface area contributed by atoms with E-state index in [1.807, 2.05) is 51.1 Å². The number of carbonyl (C=O) groups excluding carboxylic acids is 3. The first kappa shape index (κ1) is 22.7. The number of para-hydroxylation sites is 2. The molecule has 0 aliphatic rings. The van der Waals surface area contributed by atoms with Crippen LogP contribution in [0.3, 0.4) is 0 Å². The van der Waals surface area contributed by atoms with Crippen LogP contribution in [0.5, 0.6) is 0 Å². The zero-order valence-electron chi connectivity index (χ0n) is 18.4. The second kappa shape index (κ2) is 10.4. The summed E-state index contributed by atoms with van der Waals surface area (Å²) in [5.74, 6) is -1.20. The fraction of sp³-hybridized carbons (Fsp3) is 0.192. The quantitative estimate of drug-likeness (QED) is 0.511. The lowest BCUT2D eigenvalue weighted by Gasteiger charge is -2.22. The molecule has 0 aliphatic heterocycles. The van der Waals surface area contributed by atoms with Crippen molar-refractivity contribution in [2.45, 2.75) is 26.8 Å². The summed E-state index contributed by atoms with van der Waals surface area (Å²) in [6.45, 7) is 5.67. The molecule has 3 N–H and O–H groups in total. The van der Waals surface area contributed by atoms with Crippen LogP contribution in [-0.2, 0) is 4.79 Å². The second-order valence-electron chi connectivity index (χ2n) is 7.92. The van der Waals surface area contributed by atoms with Gasteiger partial charge in [-0.25, -0.2) is 0 Å². The van der Waals surface area contributed by atoms with Gasteiger partial charge in [0.15, 0.2) is 0 Å². The van der Waals surface area contributed by atoms with Crippen molar-refractivity contribution in [1.29, 1.82) is 0 Å². The maximum Gasteiger partial charge on any atom is 0.255 e. The minimum absolute atomic E-state index is 0.142. The van der Waals surface area contributed by atoms with E-state index in [1.165, 1.54) is 0 Å². The largest absolute Gasteiger partial charge is 0.340 e. The maximum absolute atomic E-state index is 13.1. The van der Waals surface area contributed by atoms with Gasteiger partial charge in [0.2, 0.25) is 5.91 Å². The van der Waals surface area contributed by atoms with Gasteiger partial charge >= 0.3 is 0 Å². The van der Waals surface area contributed by atoms with Crippen LogP contribution in [0.2, 0.25) is 0 Å². The first-order valence-corrected chi connectivity index (χ1v) is 10.5. The number of anilines is 2. The van der Waals surface area contributed by atoms with Crippen molar-refractivity contribution in [3.63, 3.8) is 0 Å². The van der Waals surface area contributed by atoms with Gasteiger partial charge in [-0.1, -0.05) is 61.9 Å². The van der Waals surface area contributed by atoms with E-state index in [1.54, 1.807) is 48.5 Å². The van der Waals surface area contributed by atoms with Gasteiger partial charge in [-0.3, -0.25) is 14.4 Å². The number of nitrogens with one attached hydrogen (secondary N) is 3. The van der Waals surface area contributed by atoms with Gasteiger partial charge in [0, 0.05) is 11.3 Å². The molecule has 0 fully saturated rings. The third-order valence-electron chi connectivity index (χ3n) is 5.01. The molecule has 0 bridgehead atoms. The van der Waals surface area contributed by atoms with Crippen molar-refractivity contribution < 1.29 is 14.4 Å². The van der Waals surface area contributed by atoms with Gasteiger partial charge in [0.25, 0.3) is 11.8 Å². The van der Waals surface area contributed by atoms with Gasteiger partial charge < -0.3 is 16.0 Å². The summed E-state index contributed by atoms with van der Waals surface area (Å²) in [7, 11) is 0. The summed E-state index contributed by atoms with van der Waals surface area (Å²) < 4.78 is 0. The van der Waals surface area contributed by atoms with Gasteiger partial charge in [-0.05, 0) is 49.2 Å². The Bertz CT molecular complexity index is 1090. The maximum atomic E-state index is 13.1. The molecule has 3 aromatic rings. The van der Waals surface area contributed by atoms with E-state index in [2.05, 4.69) is 16.0 Å². The molecule has 0 saturated heterocycles. The molecular weight excluding hydrogens is 402 g/mol. The van der Waals surface area contributed by atoms with Crippen molar-refractivity contribution in [3.05, 3.63) is 95.6 Å². The molecule has 3 aromatic carbocycles. The molecule has 0 spiro atoms. The highest BCUT2D eigenvalue weighted by atomic mass is 16.2. The smallest absolute Gasteiger partial charge is 0.255 e. The third-order valence-corrected chi connectivity index (χ3v) is 5.01. The number of aryl methyl sites for hydroxylation is 1. The van der Waals surface area contributed by atoms with Crippen molar-refractivity contribution in [3.8, 4) is 0 Å². The Morgan fingerprint density at radius 1 is 0.719 bits per heavy atom. The summed E-state index contributed by atoms with van der Waals surface area (Å²) >= 11 is 0. The Hall–Kier alpha value is -3.93. The monoisotopic (exact) mass is 429 g/mol. The van der Waals surface area contributed by atoms with E-state index < -0.39 is 11.9 Å². The molecule has 0 radical (unpaired) electrons. The topological polar surface area (TPSA) is 87.3 Å². The number of hydrogen-bond acceptors (Lipinski definition) is 3. The van der Waals surface area contributed by atoms with Crippen LogP contribution in [0.25, 0.3) is 0 Å². The summed E-state index contributed by atoms with van der Waals surface area (Å²) in [4.78, 5) is 38.5. The van der Waals surface area contributed by atoms with Crippen LogP contribution in [0, 0.1) is 12.8 Å². The molecule has 6 heteroatoms. The standard InChI is InChI=1S/C26H27N3O3/c1-17(2)23(26(32)27-20-9-5-4-6-10-20)29-25(31)21-11-7-8-12-22(21)28-24(30)19-15-13-18(3)14-16-19/h4-17,23H,1-3H3,(H,27,32)(H,28,30)(H,29,31)/t23-/m1/s1. The molecule has 0 aromatic heterocycles. The van der Waals surface area contributed by atoms with Crippen LogP contribution < -0.4 is 16.0 Å². The summed E-state index contributed by atoms with van der Waals surface area (Å²) in [5.41, 5.74) is 2.86. The van der Waals surface area contributed by atoms with Crippen LogP contribution in [0.1, 0.15) is 40.1 Å². The summed E-state index contributed by atoms with van der Waals surface area (Å²) in [6.07, 6.45) is 0. The molecule has 0 aliphatic carbocycles. The van der Waals surface area contributed by atoms with Crippen molar-refractivity contribution in [1.82, 2.24) is 5.32 Å². The van der Waals surface area contributed by atoms with Crippen LogP contribution >= 0.6 is 0 Å². The molecule has 0 saturated carbocycles. The van der Waals surface area contributed by atoms with Gasteiger partial charge in [-0.15, -0.1) is 0 Å². The van der Waals surface area contributed by atoms with Gasteiger partial charge in [0.1, 0.15) is 6.04 Å². The molecule has 0 unspecified atom stereocenters. The number of carbonyl (C=O) groups is 3. The number of hydrogen-bond donors (Lipinski definition) is 3. The normalized spacial score (nSPS) is 11.5. The molecule has 32 heavy (non-hydrogen) atoms. The lowest BCUT2D eigenvalue weighted by Crippen LogP contribution is -2.47. The zero-order valence-corrected chi connectivity index (χ0v) is 18.4. The number of amides is 3. The fourth-order valence-corrected chi connectivity index (χ4v) is 3.18. The lowest BCUT2D eigenvalue weighted by atomic mass is 10.0. The van der Waals surface area contributed by atoms with E-state index in [4.69, 9.17) is 0 Å². The minimum atomic E-state index is -0.747. The van der Waals surface area contributed by atoms with E-state index >= 15 is 0 Å². The van der Waals surface area contributed by atoms with E-state index in [0.29, 0.717) is 16.9 Å². The molecule has 164 valence electrons. The lowest BCUT2D eigenvalue weighted by molar-refractivity contribution is -0.118. The van der Waals surface area contributed by atoms with Crippen molar-refractivity contribution in [2.75, 3.05) is 10.6 Å². The second-order valence-corrected chi connectivity index (χ2v) is 7.92. The predicted molar refractivity (Wildman–Crippen MR) is 127 cm³/mol. The Morgan fingerprint density at radius 2 is 1.34 bits per heavy atom. The van der Waals surface area contributed by atoms with E-state index in [-0.39, 0.29) is 23.3 Å².